The van der Waals surface area contributed by atoms with Gasteiger partial charge in [-0.25, -0.2) is 12.8 Å². The van der Waals surface area contributed by atoms with E-state index in [9.17, 15) is 17.6 Å². The molecule has 8 heteroatoms. The van der Waals surface area contributed by atoms with E-state index < -0.39 is 10.0 Å². The van der Waals surface area contributed by atoms with Crippen LogP contribution in [0.15, 0.2) is 71.6 Å². The fourth-order valence-electron chi connectivity index (χ4n) is 2.82. The molecule has 162 valence electrons. The molecule has 0 radical (unpaired) electrons. The Bertz CT molecular complexity index is 1160. The quantitative estimate of drug-likeness (QED) is 0.546. The van der Waals surface area contributed by atoms with E-state index in [0.29, 0.717) is 34.7 Å². The van der Waals surface area contributed by atoms with Gasteiger partial charge in [0.25, 0.3) is 15.9 Å². The highest BCUT2D eigenvalue weighted by Gasteiger charge is 2.15. The van der Waals surface area contributed by atoms with Crippen LogP contribution in [-0.4, -0.2) is 20.9 Å². The van der Waals surface area contributed by atoms with Gasteiger partial charge in [-0.1, -0.05) is 12.1 Å². The smallest absolute Gasteiger partial charge is 0.261 e. The van der Waals surface area contributed by atoms with Crippen molar-refractivity contribution in [2.75, 3.05) is 11.3 Å². The largest absolute Gasteiger partial charge is 0.494 e. The molecule has 2 N–H and O–H groups in total. The van der Waals surface area contributed by atoms with Crippen molar-refractivity contribution in [2.45, 2.75) is 25.3 Å². The first-order valence-corrected chi connectivity index (χ1v) is 11.2. The monoisotopic (exact) mass is 442 g/mol. The number of hydrogen-bond acceptors (Lipinski definition) is 4. The van der Waals surface area contributed by atoms with Crippen LogP contribution in [0.3, 0.4) is 0 Å². The first kappa shape index (κ1) is 22.3. The number of sulfonamides is 1. The average Bonchev–Trinajstić information content (AvgIpc) is 2.75. The summed E-state index contributed by atoms with van der Waals surface area (Å²) in [6.45, 7) is 4.19. The number of hydrogen-bond donors (Lipinski definition) is 2. The van der Waals surface area contributed by atoms with E-state index in [1.54, 1.807) is 31.2 Å². The highest BCUT2D eigenvalue weighted by molar-refractivity contribution is 7.92. The Balaban J connectivity index is 1.62. The molecular formula is C23H23FN2O4S. The number of halogens is 1. The Morgan fingerprint density at radius 1 is 1.00 bits per heavy atom. The lowest BCUT2D eigenvalue weighted by Gasteiger charge is -2.10. The number of aryl methyl sites for hydroxylation is 1. The van der Waals surface area contributed by atoms with Crippen LogP contribution >= 0.6 is 0 Å². The SMILES string of the molecule is CCOc1ccc(S(=O)(=O)Nc2ccc(C(=O)NCc3ccc(C)c(F)c3)cc2)cc1. The fraction of sp³-hybridized carbons (Fsp3) is 0.174. The number of carbonyl (C=O) groups excluding carboxylic acids is 1. The van der Waals surface area contributed by atoms with Crippen molar-refractivity contribution in [3.8, 4) is 5.75 Å². The van der Waals surface area contributed by atoms with Crippen LogP contribution in [0.5, 0.6) is 5.75 Å². The van der Waals surface area contributed by atoms with E-state index in [2.05, 4.69) is 10.0 Å². The second-order valence-corrected chi connectivity index (χ2v) is 8.54. The van der Waals surface area contributed by atoms with Gasteiger partial charge in [0.15, 0.2) is 0 Å². The molecule has 0 spiro atoms. The van der Waals surface area contributed by atoms with Gasteiger partial charge in [0.05, 0.1) is 11.5 Å². The molecule has 0 aromatic heterocycles. The summed E-state index contributed by atoms with van der Waals surface area (Å²) < 4.78 is 46.5. The van der Waals surface area contributed by atoms with E-state index in [1.807, 2.05) is 6.92 Å². The summed E-state index contributed by atoms with van der Waals surface area (Å²) in [5, 5.41) is 2.71. The van der Waals surface area contributed by atoms with Gasteiger partial charge in [-0.3, -0.25) is 9.52 Å². The Hall–Kier alpha value is -3.39. The number of anilines is 1. The molecule has 0 unspecified atom stereocenters. The summed E-state index contributed by atoms with van der Waals surface area (Å²) in [6, 6.07) is 16.9. The second kappa shape index (κ2) is 9.61. The number of amides is 1. The molecule has 0 saturated carbocycles. The van der Waals surface area contributed by atoms with Crippen LogP contribution < -0.4 is 14.8 Å². The normalized spacial score (nSPS) is 11.1. The van der Waals surface area contributed by atoms with Crippen molar-refractivity contribution in [3.63, 3.8) is 0 Å². The van der Waals surface area contributed by atoms with Crippen molar-refractivity contribution < 1.29 is 22.3 Å². The third-order valence-corrected chi connectivity index (χ3v) is 5.93. The molecule has 0 aliphatic rings. The van der Waals surface area contributed by atoms with Gasteiger partial charge in [-0.15, -0.1) is 0 Å². The van der Waals surface area contributed by atoms with Gasteiger partial charge in [0.2, 0.25) is 0 Å². The van der Waals surface area contributed by atoms with Gasteiger partial charge in [0, 0.05) is 17.8 Å². The van der Waals surface area contributed by atoms with Crippen LogP contribution in [-0.2, 0) is 16.6 Å². The lowest BCUT2D eigenvalue weighted by atomic mass is 10.1. The molecule has 3 aromatic carbocycles. The van der Waals surface area contributed by atoms with Gasteiger partial charge >= 0.3 is 0 Å². The molecule has 31 heavy (non-hydrogen) atoms. The first-order valence-electron chi connectivity index (χ1n) is 9.67. The molecule has 0 bridgehead atoms. The molecule has 0 saturated heterocycles. The number of nitrogens with one attached hydrogen (secondary N) is 2. The highest BCUT2D eigenvalue weighted by atomic mass is 32.2. The number of carbonyl (C=O) groups is 1. The third kappa shape index (κ3) is 5.82. The van der Waals surface area contributed by atoms with Crippen LogP contribution in [0.4, 0.5) is 10.1 Å². The molecule has 0 fully saturated rings. The molecule has 6 nitrogen and oxygen atoms in total. The summed E-state index contributed by atoms with van der Waals surface area (Å²) in [5.74, 6) is -0.0805. The predicted octanol–water partition coefficient (Wildman–Crippen LogP) is 4.26. The molecule has 0 heterocycles. The van der Waals surface area contributed by atoms with Crippen molar-refractivity contribution >= 4 is 21.6 Å². The van der Waals surface area contributed by atoms with Gasteiger partial charge in [-0.05, 0) is 79.6 Å². The summed E-state index contributed by atoms with van der Waals surface area (Å²) in [6.07, 6.45) is 0. The Morgan fingerprint density at radius 2 is 1.68 bits per heavy atom. The van der Waals surface area contributed by atoms with E-state index >= 15 is 0 Å². The van der Waals surface area contributed by atoms with E-state index in [-0.39, 0.29) is 23.2 Å². The predicted molar refractivity (Wildman–Crippen MR) is 117 cm³/mol. The van der Waals surface area contributed by atoms with E-state index in [4.69, 9.17) is 4.74 Å². The fourth-order valence-corrected chi connectivity index (χ4v) is 3.87. The minimum atomic E-state index is -3.77. The lowest BCUT2D eigenvalue weighted by molar-refractivity contribution is 0.0951. The topological polar surface area (TPSA) is 84.5 Å². The van der Waals surface area contributed by atoms with E-state index in [0.717, 1.165) is 0 Å². The molecule has 0 aliphatic heterocycles. The minimum absolute atomic E-state index is 0.100. The average molecular weight is 443 g/mol. The second-order valence-electron chi connectivity index (χ2n) is 6.85. The molecule has 3 aromatic rings. The molecule has 0 atom stereocenters. The minimum Gasteiger partial charge on any atom is -0.494 e. The van der Waals surface area contributed by atoms with Crippen LogP contribution in [0.25, 0.3) is 0 Å². The summed E-state index contributed by atoms with van der Waals surface area (Å²) in [4.78, 5) is 12.4. The molecule has 1 amide bonds. The van der Waals surface area contributed by atoms with Gasteiger partial charge in [0.1, 0.15) is 11.6 Å². The Labute approximate surface area is 181 Å². The Morgan fingerprint density at radius 3 is 2.29 bits per heavy atom. The van der Waals surface area contributed by atoms with Crippen molar-refractivity contribution in [2.24, 2.45) is 0 Å². The summed E-state index contributed by atoms with van der Waals surface area (Å²) in [7, 11) is -3.77. The van der Waals surface area contributed by atoms with Crippen molar-refractivity contribution in [1.29, 1.82) is 0 Å². The van der Waals surface area contributed by atoms with Gasteiger partial charge in [-0.2, -0.15) is 0 Å². The molecule has 3 rings (SSSR count). The van der Waals surface area contributed by atoms with Crippen LogP contribution in [0.1, 0.15) is 28.4 Å². The highest BCUT2D eigenvalue weighted by Crippen LogP contribution is 2.20. The zero-order chi connectivity index (χ0) is 22.4. The number of benzene rings is 3. The standard InChI is InChI=1S/C23H23FN2O4S/c1-3-30-20-10-12-21(13-11-20)31(28,29)26-19-8-6-18(7-9-19)23(27)25-15-17-5-4-16(2)22(24)14-17/h4-14,26H,3,15H2,1-2H3,(H,25,27). The zero-order valence-corrected chi connectivity index (χ0v) is 18.0. The number of ether oxygens (including phenoxy) is 1. The van der Waals surface area contributed by atoms with Gasteiger partial charge < -0.3 is 10.1 Å². The first-order chi connectivity index (χ1) is 14.8. The van der Waals surface area contributed by atoms with Crippen LogP contribution in [0, 0.1) is 12.7 Å². The molecular weight excluding hydrogens is 419 g/mol. The maximum Gasteiger partial charge on any atom is 0.261 e. The molecule has 0 aliphatic carbocycles. The summed E-state index contributed by atoms with van der Waals surface area (Å²) in [5.41, 5.74) is 1.87. The maximum atomic E-state index is 13.6. The van der Waals surface area contributed by atoms with Crippen molar-refractivity contribution in [1.82, 2.24) is 5.32 Å². The van der Waals surface area contributed by atoms with E-state index in [1.165, 1.54) is 42.5 Å². The number of rotatable bonds is 8. The third-order valence-electron chi connectivity index (χ3n) is 4.53. The lowest BCUT2D eigenvalue weighted by Crippen LogP contribution is -2.22. The summed E-state index contributed by atoms with van der Waals surface area (Å²) >= 11 is 0. The Kier molecular flexibility index (Phi) is 6.91. The van der Waals surface area contributed by atoms with Crippen LogP contribution in [0.2, 0.25) is 0 Å². The zero-order valence-electron chi connectivity index (χ0n) is 17.2. The maximum absolute atomic E-state index is 13.6. The van der Waals surface area contributed by atoms with Crippen molar-refractivity contribution in [3.05, 3.63) is 89.2 Å².